The van der Waals surface area contributed by atoms with Crippen molar-refractivity contribution in [1.29, 1.82) is 0 Å². The van der Waals surface area contributed by atoms with Crippen molar-refractivity contribution in [1.82, 2.24) is 25.2 Å². The molecular formula is C19H27N5O2. The highest BCUT2D eigenvalue weighted by Crippen LogP contribution is 2.20. The van der Waals surface area contributed by atoms with Crippen molar-refractivity contribution in [2.24, 2.45) is 0 Å². The van der Waals surface area contributed by atoms with Crippen LogP contribution in [0.5, 0.6) is 5.75 Å². The van der Waals surface area contributed by atoms with Crippen molar-refractivity contribution in [3.63, 3.8) is 0 Å². The fourth-order valence-electron chi connectivity index (χ4n) is 3.19. The van der Waals surface area contributed by atoms with Crippen LogP contribution >= 0.6 is 0 Å². The summed E-state index contributed by atoms with van der Waals surface area (Å²) in [4.78, 5) is 14.8. The van der Waals surface area contributed by atoms with E-state index in [4.69, 9.17) is 4.74 Å². The molecule has 7 heteroatoms. The lowest BCUT2D eigenvalue weighted by Crippen LogP contribution is -2.57. The zero-order chi connectivity index (χ0) is 18.8. The molecule has 1 aromatic carbocycles. The standard InChI is InChI=1S/C19H27N5O2/c1-12(2)26-17-8-6-16(7-9-17)24-15(5)18(21-22-24)19(25)23-11-10-20-13(3)14(23)4/h6-9,12-14,20H,10-11H2,1-5H3. The molecule has 26 heavy (non-hydrogen) atoms. The van der Waals surface area contributed by atoms with Crippen LogP contribution in [0.1, 0.15) is 43.9 Å². The van der Waals surface area contributed by atoms with Gasteiger partial charge in [0.15, 0.2) is 5.69 Å². The van der Waals surface area contributed by atoms with E-state index in [1.165, 1.54) is 0 Å². The number of carbonyl (C=O) groups is 1. The Morgan fingerprint density at radius 3 is 2.62 bits per heavy atom. The first-order chi connectivity index (χ1) is 12.4. The lowest BCUT2D eigenvalue weighted by molar-refractivity contribution is 0.0596. The number of aromatic nitrogens is 3. The summed E-state index contributed by atoms with van der Waals surface area (Å²) < 4.78 is 7.36. The smallest absolute Gasteiger partial charge is 0.276 e. The lowest BCUT2D eigenvalue weighted by atomic mass is 10.1. The average molecular weight is 357 g/mol. The number of nitrogens with one attached hydrogen (secondary N) is 1. The SMILES string of the molecule is Cc1c(C(=O)N2CCNC(C)C2C)nnn1-c1ccc(OC(C)C)cc1. The Morgan fingerprint density at radius 1 is 1.27 bits per heavy atom. The van der Waals surface area contributed by atoms with Crippen LogP contribution in [0, 0.1) is 6.92 Å². The molecule has 1 aliphatic rings. The number of amides is 1. The molecule has 1 saturated heterocycles. The summed E-state index contributed by atoms with van der Waals surface area (Å²) >= 11 is 0. The van der Waals surface area contributed by atoms with Crippen LogP contribution in [0.15, 0.2) is 24.3 Å². The molecule has 2 atom stereocenters. The number of ether oxygens (including phenoxy) is 1. The van der Waals surface area contributed by atoms with E-state index in [1.807, 2.05) is 49.9 Å². The van der Waals surface area contributed by atoms with Crippen molar-refractivity contribution < 1.29 is 9.53 Å². The molecule has 0 bridgehead atoms. The van der Waals surface area contributed by atoms with Crippen LogP contribution < -0.4 is 10.1 Å². The molecule has 0 aliphatic carbocycles. The molecule has 2 unspecified atom stereocenters. The van der Waals surface area contributed by atoms with Gasteiger partial charge in [-0.15, -0.1) is 5.10 Å². The van der Waals surface area contributed by atoms with Gasteiger partial charge in [-0.3, -0.25) is 4.79 Å². The largest absolute Gasteiger partial charge is 0.491 e. The number of hydrogen-bond donors (Lipinski definition) is 1. The summed E-state index contributed by atoms with van der Waals surface area (Å²) in [5.41, 5.74) is 2.01. The van der Waals surface area contributed by atoms with Gasteiger partial charge in [0, 0.05) is 25.2 Å². The molecule has 2 aromatic rings. The van der Waals surface area contributed by atoms with E-state index in [9.17, 15) is 4.79 Å². The third-order valence-corrected chi connectivity index (χ3v) is 4.85. The van der Waals surface area contributed by atoms with E-state index in [2.05, 4.69) is 29.5 Å². The maximum absolute atomic E-state index is 13.0. The minimum Gasteiger partial charge on any atom is -0.491 e. The monoisotopic (exact) mass is 357 g/mol. The predicted octanol–water partition coefficient (Wildman–Crippen LogP) is 2.19. The molecule has 1 N–H and O–H groups in total. The Bertz CT molecular complexity index is 769. The van der Waals surface area contributed by atoms with E-state index in [0.29, 0.717) is 12.2 Å². The van der Waals surface area contributed by atoms with E-state index in [-0.39, 0.29) is 24.1 Å². The Hall–Kier alpha value is -2.41. The van der Waals surface area contributed by atoms with Crippen molar-refractivity contribution in [2.75, 3.05) is 13.1 Å². The number of piperazine rings is 1. The fourth-order valence-corrected chi connectivity index (χ4v) is 3.19. The van der Waals surface area contributed by atoms with Crippen LogP contribution in [0.2, 0.25) is 0 Å². The molecule has 1 amide bonds. The van der Waals surface area contributed by atoms with Gasteiger partial charge in [-0.05, 0) is 58.9 Å². The molecule has 7 nitrogen and oxygen atoms in total. The zero-order valence-corrected chi connectivity index (χ0v) is 16.1. The van der Waals surface area contributed by atoms with Gasteiger partial charge in [0.1, 0.15) is 5.75 Å². The number of nitrogens with zero attached hydrogens (tertiary/aromatic N) is 4. The van der Waals surface area contributed by atoms with Gasteiger partial charge >= 0.3 is 0 Å². The zero-order valence-electron chi connectivity index (χ0n) is 16.1. The molecule has 1 fully saturated rings. The molecule has 1 aromatic heterocycles. The van der Waals surface area contributed by atoms with Crippen molar-refractivity contribution >= 4 is 5.91 Å². The summed E-state index contributed by atoms with van der Waals surface area (Å²) in [7, 11) is 0. The molecule has 0 saturated carbocycles. The third kappa shape index (κ3) is 3.58. The normalized spacial score (nSPS) is 20.5. The maximum atomic E-state index is 13.0. The first kappa shape index (κ1) is 18.4. The van der Waals surface area contributed by atoms with Gasteiger partial charge in [-0.25, -0.2) is 4.68 Å². The molecule has 140 valence electrons. The van der Waals surface area contributed by atoms with Crippen molar-refractivity contribution in [3.8, 4) is 11.4 Å². The summed E-state index contributed by atoms with van der Waals surface area (Å²) in [6, 6.07) is 8.02. The van der Waals surface area contributed by atoms with E-state index < -0.39 is 0 Å². The number of hydrogen-bond acceptors (Lipinski definition) is 5. The number of rotatable bonds is 4. The average Bonchev–Trinajstić information content (AvgIpc) is 2.98. The summed E-state index contributed by atoms with van der Waals surface area (Å²) in [6.45, 7) is 11.5. The van der Waals surface area contributed by atoms with E-state index in [0.717, 1.165) is 23.7 Å². The van der Waals surface area contributed by atoms with Crippen LogP contribution in [-0.4, -0.2) is 57.1 Å². The Balaban J connectivity index is 1.82. The Morgan fingerprint density at radius 2 is 1.96 bits per heavy atom. The van der Waals surface area contributed by atoms with Crippen molar-refractivity contribution in [3.05, 3.63) is 35.7 Å². The van der Waals surface area contributed by atoms with E-state index in [1.54, 1.807) is 4.68 Å². The highest BCUT2D eigenvalue weighted by atomic mass is 16.5. The first-order valence-corrected chi connectivity index (χ1v) is 9.12. The second-order valence-corrected chi connectivity index (χ2v) is 7.08. The summed E-state index contributed by atoms with van der Waals surface area (Å²) in [5.74, 6) is 0.746. The Labute approximate surface area is 154 Å². The van der Waals surface area contributed by atoms with Gasteiger partial charge in [-0.2, -0.15) is 0 Å². The number of carbonyl (C=O) groups excluding carboxylic acids is 1. The topological polar surface area (TPSA) is 72.3 Å². The fraction of sp³-hybridized carbons (Fsp3) is 0.526. The highest BCUT2D eigenvalue weighted by molar-refractivity contribution is 5.93. The van der Waals surface area contributed by atoms with E-state index >= 15 is 0 Å². The maximum Gasteiger partial charge on any atom is 0.276 e. The number of benzene rings is 1. The first-order valence-electron chi connectivity index (χ1n) is 9.12. The second kappa shape index (κ2) is 7.45. The second-order valence-electron chi connectivity index (χ2n) is 7.08. The van der Waals surface area contributed by atoms with Gasteiger partial charge < -0.3 is 15.0 Å². The summed E-state index contributed by atoms with van der Waals surface area (Å²) in [6.07, 6.45) is 0.126. The van der Waals surface area contributed by atoms with Gasteiger partial charge in [0.2, 0.25) is 0 Å². The van der Waals surface area contributed by atoms with Crippen molar-refractivity contribution in [2.45, 2.75) is 52.8 Å². The highest BCUT2D eigenvalue weighted by Gasteiger charge is 2.31. The molecule has 1 aliphatic heterocycles. The molecule has 2 heterocycles. The van der Waals surface area contributed by atoms with Gasteiger partial charge in [-0.1, -0.05) is 5.21 Å². The molecule has 0 spiro atoms. The molecular weight excluding hydrogens is 330 g/mol. The Kier molecular flexibility index (Phi) is 5.27. The van der Waals surface area contributed by atoms with Gasteiger partial charge in [0.25, 0.3) is 5.91 Å². The predicted molar refractivity (Wildman–Crippen MR) is 99.8 cm³/mol. The van der Waals surface area contributed by atoms with Crippen LogP contribution in [0.4, 0.5) is 0 Å². The quantitative estimate of drug-likeness (QED) is 0.908. The molecule has 0 radical (unpaired) electrons. The minimum atomic E-state index is -0.0608. The third-order valence-electron chi connectivity index (χ3n) is 4.85. The van der Waals surface area contributed by atoms with Crippen LogP contribution in [0.3, 0.4) is 0 Å². The van der Waals surface area contributed by atoms with Crippen LogP contribution in [0.25, 0.3) is 5.69 Å². The lowest BCUT2D eigenvalue weighted by Gasteiger charge is -2.38. The minimum absolute atomic E-state index is 0.0608. The van der Waals surface area contributed by atoms with Crippen LogP contribution in [-0.2, 0) is 0 Å². The van der Waals surface area contributed by atoms with Gasteiger partial charge in [0.05, 0.1) is 17.5 Å². The molecule has 3 rings (SSSR count). The summed E-state index contributed by atoms with van der Waals surface area (Å²) in [5, 5.41) is 11.8.